The minimum atomic E-state index is -0.155. The molecule has 2 fully saturated rings. The molecule has 1 aliphatic carbocycles. The van der Waals surface area contributed by atoms with Crippen LogP contribution < -0.4 is 5.32 Å². The SMILES string of the molecule is CCNC(=NCC1CCCC1O)N1CCC(c2ccccc2)C1. The largest absolute Gasteiger partial charge is 0.393 e. The predicted octanol–water partition coefficient (Wildman–Crippen LogP) is 2.60. The van der Waals surface area contributed by atoms with Gasteiger partial charge in [-0.25, -0.2) is 0 Å². The summed E-state index contributed by atoms with van der Waals surface area (Å²) in [5.74, 6) is 1.96. The zero-order valence-electron chi connectivity index (χ0n) is 14.1. The third-order valence-electron chi connectivity index (χ3n) is 5.19. The molecule has 0 radical (unpaired) electrons. The lowest BCUT2D eigenvalue weighted by atomic mass is 9.99. The number of nitrogens with zero attached hydrogens (tertiary/aromatic N) is 2. The second kappa shape index (κ2) is 7.82. The van der Waals surface area contributed by atoms with Gasteiger partial charge in [-0.1, -0.05) is 36.8 Å². The van der Waals surface area contributed by atoms with Crippen LogP contribution in [0.25, 0.3) is 0 Å². The maximum atomic E-state index is 9.98. The number of benzene rings is 1. The van der Waals surface area contributed by atoms with Gasteiger partial charge in [-0.15, -0.1) is 0 Å². The summed E-state index contributed by atoms with van der Waals surface area (Å²) in [6, 6.07) is 10.8. The molecule has 0 aromatic heterocycles. The van der Waals surface area contributed by atoms with Gasteiger partial charge in [-0.05, 0) is 31.7 Å². The van der Waals surface area contributed by atoms with Gasteiger partial charge in [0.15, 0.2) is 5.96 Å². The number of hydrogen-bond donors (Lipinski definition) is 2. The minimum absolute atomic E-state index is 0.155. The Morgan fingerprint density at radius 1 is 1.26 bits per heavy atom. The molecular formula is C19H29N3O. The lowest BCUT2D eigenvalue weighted by molar-refractivity contribution is 0.136. The highest BCUT2D eigenvalue weighted by molar-refractivity contribution is 5.80. The number of aliphatic imine (C=N–C) groups is 1. The van der Waals surface area contributed by atoms with Crippen LogP contribution in [-0.4, -0.2) is 48.2 Å². The van der Waals surface area contributed by atoms with E-state index in [4.69, 9.17) is 4.99 Å². The highest BCUT2D eigenvalue weighted by Gasteiger charge is 2.28. The highest BCUT2D eigenvalue weighted by atomic mass is 16.3. The number of hydrogen-bond acceptors (Lipinski definition) is 2. The second-order valence-corrected chi connectivity index (χ2v) is 6.80. The Morgan fingerprint density at radius 2 is 2.09 bits per heavy atom. The first-order chi connectivity index (χ1) is 11.3. The Hall–Kier alpha value is -1.55. The molecule has 4 heteroatoms. The summed E-state index contributed by atoms with van der Waals surface area (Å²) in [7, 11) is 0. The maximum absolute atomic E-state index is 9.98. The summed E-state index contributed by atoms with van der Waals surface area (Å²) in [6.07, 6.45) is 4.21. The van der Waals surface area contributed by atoms with Crippen molar-refractivity contribution in [1.29, 1.82) is 0 Å². The monoisotopic (exact) mass is 315 g/mol. The average Bonchev–Trinajstić information content (AvgIpc) is 3.22. The highest BCUT2D eigenvalue weighted by Crippen LogP contribution is 2.28. The zero-order valence-corrected chi connectivity index (χ0v) is 14.1. The number of aliphatic hydroxyl groups excluding tert-OH is 1. The summed E-state index contributed by atoms with van der Waals surface area (Å²) in [5, 5.41) is 13.4. The quantitative estimate of drug-likeness (QED) is 0.663. The normalized spacial score (nSPS) is 28.3. The molecular weight excluding hydrogens is 286 g/mol. The van der Waals surface area contributed by atoms with Crippen LogP contribution in [0.15, 0.2) is 35.3 Å². The Labute approximate surface area is 139 Å². The molecule has 2 aliphatic rings. The second-order valence-electron chi connectivity index (χ2n) is 6.80. The smallest absolute Gasteiger partial charge is 0.193 e. The van der Waals surface area contributed by atoms with Crippen molar-refractivity contribution in [3.05, 3.63) is 35.9 Å². The van der Waals surface area contributed by atoms with Crippen LogP contribution in [-0.2, 0) is 0 Å². The van der Waals surface area contributed by atoms with Gasteiger partial charge in [0, 0.05) is 38.0 Å². The third-order valence-corrected chi connectivity index (χ3v) is 5.19. The van der Waals surface area contributed by atoms with Crippen LogP contribution in [0.1, 0.15) is 44.1 Å². The van der Waals surface area contributed by atoms with Gasteiger partial charge >= 0.3 is 0 Å². The van der Waals surface area contributed by atoms with Crippen molar-refractivity contribution in [3.63, 3.8) is 0 Å². The Balaban J connectivity index is 1.62. The van der Waals surface area contributed by atoms with Crippen molar-refractivity contribution in [2.24, 2.45) is 10.9 Å². The topological polar surface area (TPSA) is 47.9 Å². The number of likely N-dealkylation sites (tertiary alicyclic amines) is 1. The Bertz CT molecular complexity index is 517. The number of rotatable bonds is 4. The fourth-order valence-corrected chi connectivity index (χ4v) is 3.81. The molecule has 1 saturated heterocycles. The van der Waals surface area contributed by atoms with Gasteiger partial charge in [-0.2, -0.15) is 0 Å². The van der Waals surface area contributed by atoms with Crippen LogP contribution in [0, 0.1) is 5.92 Å². The molecule has 3 rings (SSSR count). The van der Waals surface area contributed by atoms with Gasteiger partial charge in [0.1, 0.15) is 0 Å². The summed E-state index contributed by atoms with van der Waals surface area (Å²) < 4.78 is 0. The molecule has 2 N–H and O–H groups in total. The number of aliphatic hydroxyl groups is 1. The van der Waals surface area contributed by atoms with E-state index in [1.54, 1.807) is 0 Å². The fourth-order valence-electron chi connectivity index (χ4n) is 3.81. The van der Waals surface area contributed by atoms with Crippen LogP contribution >= 0.6 is 0 Å². The lowest BCUT2D eigenvalue weighted by Gasteiger charge is -2.23. The fraction of sp³-hybridized carbons (Fsp3) is 0.632. The molecule has 1 saturated carbocycles. The lowest BCUT2D eigenvalue weighted by Crippen LogP contribution is -2.40. The molecule has 23 heavy (non-hydrogen) atoms. The van der Waals surface area contributed by atoms with Crippen LogP contribution in [0.5, 0.6) is 0 Å². The van der Waals surface area contributed by atoms with E-state index >= 15 is 0 Å². The molecule has 1 aromatic carbocycles. The first-order valence-electron chi connectivity index (χ1n) is 9.04. The van der Waals surface area contributed by atoms with Crippen LogP contribution in [0.4, 0.5) is 0 Å². The summed E-state index contributed by atoms with van der Waals surface area (Å²) in [6.45, 7) is 5.83. The van der Waals surface area contributed by atoms with Crippen molar-refractivity contribution in [2.75, 3.05) is 26.2 Å². The molecule has 1 aliphatic heterocycles. The van der Waals surface area contributed by atoms with E-state index in [0.717, 1.165) is 51.4 Å². The Morgan fingerprint density at radius 3 is 2.78 bits per heavy atom. The molecule has 1 aromatic rings. The summed E-state index contributed by atoms with van der Waals surface area (Å²) in [5.41, 5.74) is 1.43. The van der Waals surface area contributed by atoms with E-state index in [2.05, 4.69) is 47.5 Å². The first kappa shape index (κ1) is 16.3. The molecule has 0 bridgehead atoms. The Kier molecular flexibility index (Phi) is 5.55. The van der Waals surface area contributed by atoms with Crippen LogP contribution in [0.3, 0.4) is 0 Å². The molecule has 0 spiro atoms. The van der Waals surface area contributed by atoms with E-state index < -0.39 is 0 Å². The first-order valence-corrected chi connectivity index (χ1v) is 9.04. The van der Waals surface area contributed by atoms with E-state index in [-0.39, 0.29) is 6.10 Å². The van der Waals surface area contributed by atoms with E-state index in [1.165, 1.54) is 12.0 Å². The van der Waals surface area contributed by atoms with Gasteiger partial charge in [0.25, 0.3) is 0 Å². The number of guanidine groups is 1. The number of nitrogens with one attached hydrogen (secondary N) is 1. The molecule has 126 valence electrons. The van der Waals surface area contributed by atoms with E-state index in [9.17, 15) is 5.11 Å². The van der Waals surface area contributed by atoms with Crippen LogP contribution in [0.2, 0.25) is 0 Å². The molecule has 3 atom stereocenters. The third kappa shape index (κ3) is 4.05. The predicted molar refractivity (Wildman–Crippen MR) is 94.7 cm³/mol. The van der Waals surface area contributed by atoms with Gasteiger partial charge < -0.3 is 15.3 Å². The minimum Gasteiger partial charge on any atom is -0.393 e. The van der Waals surface area contributed by atoms with Gasteiger partial charge in [0.2, 0.25) is 0 Å². The van der Waals surface area contributed by atoms with Crippen molar-refractivity contribution < 1.29 is 5.11 Å². The van der Waals surface area contributed by atoms with Crippen molar-refractivity contribution in [2.45, 2.75) is 44.6 Å². The summed E-state index contributed by atoms with van der Waals surface area (Å²) >= 11 is 0. The van der Waals surface area contributed by atoms with Crippen molar-refractivity contribution in [1.82, 2.24) is 10.2 Å². The van der Waals surface area contributed by atoms with Crippen molar-refractivity contribution in [3.8, 4) is 0 Å². The standard InChI is InChI=1S/C19H29N3O/c1-2-20-19(21-13-16-9-6-10-18(16)23)22-12-11-17(14-22)15-7-4-3-5-8-15/h3-5,7-8,16-18,23H,2,6,9-14H2,1H3,(H,20,21). The van der Waals surface area contributed by atoms with Gasteiger partial charge in [-0.3, -0.25) is 4.99 Å². The van der Waals surface area contributed by atoms with Gasteiger partial charge in [0.05, 0.1) is 6.10 Å². The molecule has 0 amide bonds. The summed E-state index contributed by atoms with van der Waals surface area (Å²) in [4.78, 5) is 7.20. The zero-order chi connectivity index (χ0) is 16.1. The van der Waals surface area contributed by atoms with E-state index in [1.807, 2.05) is 0 Å². The average molecular weight is 315 g/mol. The van der Waals surface area contributed by atoms with Crippen molar-refractivity contribution >= 4 is 5.96 Å². The molecule has 3 unspecified atom stereocenters. The molecule has 1 heterocycles. The molecule has 4 nitrogen and oxygen atoms in total. The van der Waals surface area contributed by atoms with E-state index in [0.29, 0.717) is 11.8 Å². The maximum Gasteiger partial charge on any atom is 0.193 e.